The van der Waals surface area contributed by atoms with Crippen molar-refractivity contribution in [1.29, 1.82) is 0 Å². The number of carboxylic acid groups (broad SMARTS) is 1. The number of aryl methyl sites for hydroxylation is 3. The summed E-state index contributed by atoms with van der Waals surface area (Å²) in [7, 11) is 3.75. The fourth-order valence-electron chi connectivity index (χ4n) is 8.52. The normalized spacial score (nSPS) is 11.4. The molecular formula is C66H68F2NO24S+. The van der Waals surface area contributed by atoms with Crippen LogP contribution in [0, 0.1) is 32.4 Å². The van der Waals surface area contributed by atoms with Crippen LogP contribution in [0.2, 0.25) is 0 Å². The molecule has 8 aromatic rings. The van der Waals surface area contributed by atoms with Crippen molar-refractivity contribution in [2.24, 2.45) is 0 Å². The van der Waals surface area contributed by atoms with Crippen LogP contribution in [0.25, 0.3) is 21.9 Å². The Balaban J connectivity index is 0.000000278. The molecule has 0 aliphatic carbocycles. The van der Waals surface area contributed by atoms with Crippen LogP contribution in [-0.4, -0.2) is 138 Å². The predicted molar refractivity (Wildman–Crippen MR) is 333 cm³/mol. The first kappa shape index (κ1) is 76.0. The largest absolute Gasteiger partial charge is 0.507 e. The molecule has 25 nitrogen and oxygen atoms in total. The first-order valence-electron chi connectivity index (χ1n) is 27.8. The number of quaternary nitrogens is 1. The van der Waals surface area contributed by atoms with E-state index < -0.39 is 87.6 Å². The summed E-state index contributed by atoms with van der Waals surface area (Å²) in [5.41, 5.74) is 3.42. The molecule has 28 heteroatoms. The number of phenols is 2. The van der Waals surface area contributed by atoms with Gasteiger partial charge in [0.2, 0.25) is 5.76 Å². The third-order valence-electron chi connectivity index (χ3n) is 12.7. The second kappa shape index (κ2) is 34.8. The number of hydrogen-bond donors (Lipinski definition) is 4. The van der Waals surface area contributed by atoms with Gasteiger partial charge in [-0.1, -0.05) is 35.9 Å². The van der Waals surface area contributed by atoms with E-state index in [1.807, 2.05) is 26.0 Å². The van der Waals surface area contributed by atoms with Crippen LogP contribution in [0.15, 0.2) is 139 Å². The smallest absolute Gasteiger partial charge is 0.373 e. The maximum Gasteiger partial charge on any atom is 0.373 e. The predicted octanol–water partition coefficient (Wildman–Crippen LogP) is 9.01. The van der Waals surface area contributed by atoms with Crippen LogP contribution >= 0.6 is 0 Å². The Morgan fingerprint density at radius 2 is 1.16 bits per heavy atom. The van der Waals surface area contributed by atoms with Gasteiger partial charge in [0.25, 0.3) is 10.1 Å². The number of halogens is 2. The molecule has 0 saturated carbocycles. The van der Waals surface area contributed by atoms with Gasteiger partial charge < -0.3 is 57.7 Å². The van der Waals surface area contributed by atoms with E-state index in [-0.39, 0.29) is 81.5 Å². The van der Waals surface area contributed by atoms with Crippen molar-refractivity contribution in [3.8, 4) is 34.5 Å². The summed E-state index contributed by atoms with van der Waals surface area (Å²) in [6.07, 6.45) is -0.686. The van der Waals surface area contributed by atoms with Crippen LogP contribution in [0.1, 0.15) is 86.0 Å². The molecule has 0 aliphatic rings. The minimum absolute atomic E-state index is 0.00291. The summed E-state index contributed by atoms with van der Waals surface area (Å²) < 4.78 is 99.2. The molecule has 0 radical (unpaired) electrons. The molecular weight excluding hydrogens is 1260 g/mol. The molecule has 2 heterocycles. The molecule has 0 fully saturated rings. The minimum atomic E-state index is -4.02. The molecule has 6 aromatic carbocycles. The van der Waals surface area contributed by atoms with Crippen LogP contribution in [0.5, 0.6) is 34.5 Å². The Hall–Kier alpha value is -10.5. The van der Waals surface area contributed by atoms with Gasteiger partial charge in [-0.2, -0.15) is 18.0 Å². The lowest BCUT2D eigenvalue weighted by atomic mass is 10.0. The number of ketones is 3. The average molecular weight is 1330 g/mol. The van der Waals surface area contributed by atoms with Gasteiger partial charge in [-0.05, 0) is 83.0 Å². The summed E-state index contributed by atoms with van der Waals surface area (Å²) in [5, 5.41) is 37.3. The van der Waals surface area contributed by atoms with Gasteiger partial charge in [0.15, 0.2) is 41.1 Å². The molecule has 2 atom stereocenters. The lowest BCUT2D eigenvalue weighted by Gasteiger charge is -2.25. The summed E-state index contributed by atoms with van der Waals surface area (Å²) in [6.45, 7) is 9.78. The highest BCUT2D eigenvalue weighted by molar-refractivity contribution is 7.86. The highest BCUT2D eigenvalue weighted by Crippen LogP contribution is 2.32. The number of hydrogen-bond acceptors (Lipinski definition) is 23. The number of fused-ring (bicyclic) bond motifs is 2. The van der Waals surface area contributed by atoms with E-state index in [4.69, 9.17) is 66.3 Å². The molecule has 0 bridgehead atoms. The molecule has 2 aromatic heterocycles. The summed E-state index contributed by atoms with van der Waals surface area (Å²) in [4.78, 5) is 97.4. The molecule has 0 spiro atoms. The monoisotopic (exact) mass is 1330 g/mol. The van der Waals surface area contributed by atoms with Crippen LogP contribution in [0.3, 0.4) is 0 Å². The number of nitrogens with zero attached hydrogens (tertiary/aromatic N) is 1. The van der Waals surface area contributed by atoms with Crippen molar-refractivity contribution in [1.82, 2.24) is 4.48 Å². The fraction of sp³-hybridized carbons (Fsp3) is 0.273. The van der Waals surface area contributed by atoms with Gasteiger partial charge in [0.1, 0.15) is 112 Å². The zero-order valence-electron chi connectivity index (χ0n) is 52.7. The maximum atomic E-state index is 13.9. The van der Waals surface area contributed by atoms with Gasteiger partial charge in [-0.15, -0.1) is 0 Å². The van der Waals surface area contributed by atoms with E-state index >= 15 is 0 Å². The number of carboxylic acids is 1. The van der Waals surface area contributed by atoms with E-state index in [1.54, 1.807) is 63.4 Å². The Morgan fingerprint density at radius 1 is 0.617 bits per heavy atom. The van der Waals surface area contributed by atoms with E-state index in [2.05, 4.69) is 21.1 Å². The number of phenolic OH excluding ortho intramolecular Hbond substituents is 2. The number of aliphatic hydroxyl groups is 1. The number of aromatic hydroxyl groups is 2. The first-order valence-corrected chi connectivity index (χ1v) is 29.2. The van der Waals surface area contributed by atoms with Crippen molar-refractivity contribution in [2.45, 2.75) is 65.6 Å². The molecule has 0 saturated heterocycles. The third kappa shape index (κ3) is 22.1. The second-order valence-electron chi connectivity index (χ2n) is 21.1. The fourth-order valence-corrected chi connectivity index (χ4v) is 9.46. The van der Waals surface area contributed by atoms with Gasteiger partial charge >= 0.3 is 18.1 Å². The number of benzene rings is 6. The summed E-state index contributed by atoms with van der Waals surface area (Å²) in [6, 6.07) is 25.3. The van der Waals surface area contributed by atoms with Crippen molar-refractivity contribution in [2.75, 3.05) is 61.5 Å². The van der Waals surface area contributed by atoms with Crippen LogP contribution in [0.4, 0.5) is 14.5 Å². The van der Waals surface area contributed by atoms with Crippen molar-refractivity contribution in [3.05, 3.63) is 187 Å². The Kier molecular flexibility index (Phi) is 28.1. The van der Waals surface area contributed by atoms with Gasteiger partial charge in [-0.25, -0.2) is 13.6 Å². The SMILES string of the molecule is CC(=O)OC(COc1cccc(C)c1C(C)=O)COS(=O)(=O)c1ccc(C)cc1.CC(=O)c1c(O)cc([18F])cc1O.COCOc1cc([N+](C)(C)C)cc(C)c1C(C)=O.O=C(O)c1cc(=O)c2c(OCC(O)COc3cccc4occc(=O)c34)cc([18F])cc2o1.O=C=O. The molecule has 2 unspecified atom stereocenters. The topological polar surface area (TPSA) is 360 Å². The van der Waals surface area contributed by atoms with E-state index in [1.165, 1.54) is 51.3 Å². The second-order valence-corrected chi connectivity index (χ2v) is 22.7. The standard InChI is InChI=1S/C22H15FO9.C21H24O7S.C14H22NO3.C8H7FO3.CO2/c23-11-6-17(21-14(26)8-19(22(27)28)32-18(21)7-11)31-10-12(24)9-30-16-3-1-2-15-20(16)13(25)4-5-29-15;1-14-8-10-19(11-9-14)29(24,25)27-13-18(28-17(4)23)12-26-20-7-5-6-15(2)21(20)16(3)22;1-10-7-12(15(3,4)5)8-13(18-9-17-6)14(10)11(2)16;1-4(10)8-6(11)2-5(9)3-7(8)12;2-1-3/h1-8,12,24H,9-10H2,(H,27,28);5-11,18H,12-13H2,1-4H3;7-8H,9H2,1-6H3;2-3,11-12H,1H3;/q;;+1;;/i23-1;;;9-1;. The zero-order chi connectivity index (χ0) is 70.4. The number of carbonyl (C=O) groups is 5. The number of Topliss-reactive ketones (excluding diaryl/α,β-unsaturated/α-hetero) is 3. The molecule has 0 aliphatic heterocycles. The third-order valence-corrected chi connectivity index (χ3v) is 14.0. The van der Waals surface area contributed by atoms with E-state index in [9.17, 15) is 55.9 Å². The number of methoxy groups -OCH3 is 1. The first-order chi connectivity index (χ1) is 44.1. The zero-order valence-corrected chi connectivity index (χ0v) is 53.5. The van der Waals surface area contributed by atoms with Crippen LogP contribution < -0.4 is 34.3 Å². The highest BCUT2D eigenvalue weighted by Gasteiger charge is 2.25. The number of carbonyl (C=O) groups excluding carboxylic acids is 6. The maximum absolute atomic E-state index is 13.9. The number of esters is 1. The lowest BCUT2D eigenvalue weighted by molar-refractivity contribution is -0.191. The quantitative estimate of drug-likeness (QED) is 0.0161. The molecule has 500 valence electrons. The van der Waals surface area contributed by atoms with E-state index in [0.29, 0.717) is 32.7 Å². The van der Waals surface area contributed by atoms with Gasteiger partial charge in [0, 0.05) is 62.6 Å². The number of ether oxygens (including phenoxy) is 6. The Bertz CT molecular complexity index is 4280. The molecule has 94 heavy (non-hydrogen) atoms. The van der Waals surface area contributed by atoms with Crippen molar-refractivity contribution in [3.63, 3.8) is 0 Å². The van der Waals surface area contributed by atoms with Crippen LogP contribution in [-0.2, 0) is 38.2 Å². The lowest BCUT2D eigenvalue weighted by Crippen LogP contribution is -2.35. The number of aromatic carboxylic acids is 1. The summed E-state index contributed by atoms with van der Waals surface area (Å²) >= 11 is 0. The van der Waals surface area contributed by atoms with Gasteiger partial charge in [0.05, 0.1) is 43.4 Å². The average Bonchev–Trinajstić information content (AvgIpc) is 0.812. The molecule has 8 rings (SSSR count). The Morgan fingerprint density at radius 3 is 1.72 bits per heavy atom. The highest BCUT2D eigenvalue weighted by atomic mass is 32.2. The summed E-state index contributed by atoms with van der Waals surface area (Å²) in [5.74, 6) is -5.20. The minimum Gasteiger partial charge on any atom is -0.507 e. The Labute approximate surface area is 536 Å². The van der Waals surface area contributed by atoms with Gasteiger partial charge in [-0.3, -0.25) is 37.4 Å². The van der Waals surface area contributed by atoms with E-state index in [0.717, 1.165) is 52.7 Å². The molecule has 4 N–H and O–H groups in total. The van der Waals surface area contributed by atoms with Crippen molar-refractivity contribution >= 4 is 73.2 Å². The number of rotatable bonds is 22. The number of aliphatic hydroxyl groups excluding tert-OH is 1. The molecule has 0 amide bonds. The van der Waals surface area contributed by atoms with Crippen molar-refractivity contribution < 1.29 is 113 Å².